The Morgan fingerprint density at radius 3 is 2.50 bits per heavy atom. The highest BCUT2D eigenvalue weighted by Gasteiger charge is 2.14. The van der Waals surface area contributed by atoms with Crippen molar-refractivity contribution in [1.82, 2.24) is 0 Å². The molecule has 0 aliphatic rings. The van der Waals surface area contributed by atoms with E-state index in [2.05, 4.69) is 0 Å². The predicted molar refractivity (Wildman–Crippen MR) is 62.3 cm³/mol. The first kappa shape index (κ1) is 14.0. The fraction of sp³-hybridized carbons (Fsp3) is 0.385. The molecule has 1 aromatic carbocycles. The van der Waals surface area contributed by atoms with Gasteiger partial charge >= 0.3 is 5.97 Å². The number of carboxylic acid groups (broad SMARTS) is 1. The normalized spacial score (nSPS) is 9.89. The van der Waals surface area contributed by atoms with Crippen molar-refractivity contribution in [3.63, 3.8) is 0 Å². The van der Waals surface area contributed by atoms with Crippen LogP contribution in [0.15, 0.2) is 18.2 Å². The van der Waals surface area contributed by atoms with Crippen molar-refractivity contribution in [3.8, 4) is 5.75 Å². The van der Waals surface area contributed by atoms with Crippen molar-refractivity contribution in [2.24, 2.45) is 0 Å². The molecule has 0 aliphatic carbocycles. The maximum absolute atomic E-state index is 11.6. The summed E-state index contributed by atoms with van der Waals surface area (Å²) < 4.78 is 10.2. The van der Waals surface area contributed by atoms with E-state index in [1.807, 2.05) is 0 Å². The second-order valence-electron chi connectivity index (χ2n) is 3.53. The summed E-state index contributed by atoms with van der Waals surface area (Å²) in [6.07, 6.45) is -0.219. The zero-order valence-electron chi connectivity index (χ0n) is 10.4. The topological polar surface area (TPSA) is 75.7 Å². The number of carbonyl (C=O) groups excluding carboxylic acids is 2. The molecule has 0 saturated heterocycles. The van der Waals surface area contributed by atoms with Gasteiger partial charge in [0.1, 0.15) is 11.3 Å². The smallest absolute Gasteiger partial charge is 0.341 e. The number of benzene rings is 1. The van der Waals surface area contributed by atoms with Gasteiger partial charge in [-0.3, -0.25) is 0 Å². The Labute approximate surface area is 105 Å². The van der Waals surface area contributed by atoms with Gasteiger partial charge in [0.15, 0.2) is 0 Å². The van der Waals surface area contributed by atoms with Crippen LogP contribution in [0.25, 0.3) is 0 Å². The lowest BCUT2D eigenvalue weighted by Crippen LogP contribution is -2.24. The van der Waals surface area contributed by atoms with Crippen molar-refractivity contribution >= 4 is 11.9 Å². The molecule has 0 bridgehead atoms. The molecule has 1 rings (SSSR count). The van der Waals surface area contributed by atoms with Crippen LogP contribution in [0.3, 0.4) is 0 Å². The van der Waals surface area contributed by atoms with Crippen LogP contribution in [-0.4, -0.2) is 25.2 Å². The molecule has 0 radical (unpaired) electrons. The Balaban J connectivity index is 3.03. The van der Waals surface area contributed by atoms with Crippen molar-refractivity contribution in [2.45, 2.75) is 20.3 Å². The fourth-order valence-electron chi connectivity index (χ4n) is 1.50. The van der Waals surface area contributed by atoms with Crippen LogP contribution in [0.5, 0.6) is 5.75 Å². The first-order valence-electron chi connectivity index (χ1n) is 5.71. The summed E-state index contributed by atoms with van der Waals surface area (Å²) in [5, 5.41) is 10.5. The van der Waals surface area contributed by atoms with Gasteiger partial charge in [-0.05, 0) is 31.5 Å². The molecule has 0 unspecified atom stereocenters. The van der Waals surface area contributed by atoms with E-state index in [0.29, 0.717) is 23.5 Å². The van der Waals surface area contributed by atoms with Gasteiger partial charge in [0, 0.05) is 12.4 Å². The lowest BCUT2D eigenvalue weighted by atomic mass is 10.1. The highest BCUT2D eigenvalue weighted by atomic mass is 16.5. The van der Waals surface area contributed by atoms with E-state index in [9.17, 15) is 14.7 Å². The van der Waals surface area contributed by atoms with Gasteiger partial charge in [-0.25, -0.2) is 4.79 Å². The van der Waals surface area contributed by atoms with Crippen LogP contribution < -0.4 is 9.84 Å². The molecule has 0 aliphatic heterocycles. The van der Waals surface area contributed by atoms with E-state index >= 15 is 0 Å². The molecule has 0 fully saturated rings. The van der Waals surface area contributed by atoms with Gasteiger partial charge in [-0.2, -0.15) is 0 Å². The number of rotatable bonds is 6. The largest absolute Gasteiger partial charge is 0.550 e. The highest BCUT2D eigenvalue weighted by Crippen LogP contribution is 2.22. The molecule has 5 heteroatoms. The summed E-state index contributed by atoms with van der Waals surface area (Å²) in [5.74, 6) is -1.34. The van der Waals surface area contributed by atoms with Crippen LogP contribution in [0.2, 0.25) is 0 Å². The minimum absolute atomic E-state index is 0.219. The molecule has 0 saturated carbocycles. The van der Waals surface area contributed by atoms with Crippen LogP contribution in [0.1, 0.15) is 29.8 Å². The zero-order valence-corrected chi connectivity index (χ0v) is 10.4. The molecule has 0 aromatic heterocycles. The monoisotopic (exact) mass is 251 g/mol. The molecule has 0 N–H and O–H groups in total. The van der Waals surface area contributed by atoms with Crippen LogP contribution in [0.4, 0.5) is 0 Å². The second kappa shape index (κ2) is 6.64. The summed E-state index contributed by atoms with van der Waals surface area (Å²) in [5.41, 5.74) is 0.812. The SMILES string of the molecule is CCOC(=O)c1ccc(CC(=O)[O-])cc1OCC. The van der Waals surface area contributed by atoms with E-state index in [1.165, 1.54) is 12.1 Å². The Morgan fingerprint density at radius 2 is 1.94 bits per heavy atom. The minimum Gasteiger partial charge on any atom is -0.550 e. The molecule has 98 valence electrons. The molecule has 0 heterocycles. The van der Waals surface area contributed by atoms with Gasteiger partial charge in [0.05, 0.1) is 13.2 Å². The molecule has 0 spiro atoms. The number of hydrogen-bond donors (Lipinski definition) is 0. The van der Waals surface area contributed by atoms with Gasteiger partial charge in [0.25, 0.3) is 0 Å². The van der Waals surface area contributed by atoms with Crippen molar-refractivity contribution in [2.75, 3.05) is 13.2 Å². The number of carbonyl (C=O) groups is 2. The molecule has 0 atom stereocenters. The van der Waals surface area contributed by atoms with E-state index in [-0.39, 0.29) is 13.0 Å². The van der Waals surface area contributed by atoms with Gasteiger partial charge in [-0.1, -0.05) is 6.07 Å². The first-order valence-corrected chi connectivity index (χ1v) is 5.71. The quantitative estimate of drug-likeness (QED) is 0.690. The number of aliphatic carboxylic acids is 1. The summed E-state index contributed by atoms with van der Waals surface area (Å²) in [6.45, 7) is 4.13. The van der Waals surface area contributed by atoms with E-state index in [4.69, 9.17) is 9.47 Å². The average Bonchev–Trinajstić information content (AvgIpc) is 2.29. The van der Waals surface area contributed by atoms with Crippen LogP contribution in [0, 0.1) is 0 Å². The third-order valence-electron chi connectivity index (χ3n) is 2.19. The number of hydrogen-bond acceptors (Lipinski definition) is 5. The molecule has 5 nitrogen and oxygen atoms in total. The van der Waals surface area contributed by atoms with Gasteiger partial charge < -0.3 is 19.4 Å². The summed E-state index contributed by atoms with van der Waals surface area (Å²) in [7, 11) is 0. The van der Waals surface area contributed by atoms with Gasteiger partial charge in [-0.15, -0.1) is 0 Å². The summed E-state index contributed by atoms with van der Waals surface area (Å²) in [6, 6.07) is 4.57. The highest BCUT2D eigenvalue weighted by molar-refractivity contribution is 5.92. The minimum atomic E-state index is -1.18. The lowest BCUT2D eigenvalue weighted by molar-refractivity contribution is -0.304. The molecule has 1 aromatic rings. The Kier molecular flexibility index (Phi) is 5.17. The number of esters is 1. The number of carboxylic acids is 1. The lowest BCUT2D eigenvalue weighted by Gasteiger charge is -2.11. The summed E-state index contributed by atoms with van der Waals surface area (Å²) >= 11 is 0. The molecular formula is C13H15O5-. The fourth-order valence-corrected chi connectivity index (χ4v) is 1.50. The van der Waals surface area contributed by atoms with Gasteiger partial charge in [0.2, 0.25) is 0 Å². The average molecular weight is 251 g/mol. The third-order valence-corrected chi connectivity index (χ3v) is 2.19. The van der Waals surface area contributed by atoms with Crippen molar-refractivity contribution in [1.29, 1.82) is 0 Å². The maximum Gasteiger partial charge on any atom is 0.341 e. The Hall–Kier alpha value is -2.04. The van der Waals surface area contributed by atoms with E-state index in [1.54, 1.807) is 19.9 Å². The van der Waals surface area contributed by atoms with E-state index < -0.39 is 11.9 Å². The summed E-state index contributed by atoms with van der Waals surface area (Å²) in [4.78, 5) is 22.2. The number of ether oxygens (including phenoxy) is 2. The Bertz CT molecular complexity index is 439. The predicted octanol–water partition coefficient (Wildman–Crippen LogP) is 0.554. The standard InChI is InChI=1S/C13H16O5/c1-3-17-11-7-9(8-12(14)15)5-6-10(11)13(16)18-4-2/h5-7H,3-4,8H2,1-2H3,(H,14,15)/p-1. The van der Waals surface area contributed by atoms with Crippen molar-refractivity contribution < 1.29 is 24.2 Å². The molecule has 0 amide bonds. The third kappa shape index (κ3) is 3.76. The molecule has 18 heavy (non-hydrogen) atoms. The van der Waals surface area contributed by atoms with Crippen LogP contribution in [-0.2, 0) is 16.0 Å². The molecular weight excluding hydrogens is 236 g/mol. The van der Waals surface area contributed by atoms with Crippen LogP contribution >= 0.6 is 0 Å². The first-order chi connectivity index (χ1) is 8.58. The second-order valence-corrected chi connectivity index (χ2v) is 3.53. The Morgan fingerprint density at radius 1 is 1.22 bits per heavy atom. The van der Waals surface area contributed by atoms with E-state index in [0.717, 1.165) is 0 Å². The van der Waals surface area contributed by atoms with Crippen molar-refractivity contribution in [3.05, 3.63) is 29.3 Å². The zero-order chi connectivity index (χ0) is 13.5. The maximum atomic E-state index is 11.6.